The van der Waals surface area contributed by atoms with Gasteiger partial charge in [0.05, 0.1) is 5.41 Å². The lowest BCUT2D eigenvalue weighted by Gasteiger charge is -2.36. The Morgan fingerprint density at radius 2 is 1.28 bits per heavy atom. The van der Waals surface area contributed by atoms with Crippen LogP contribution in [0.25, 0.3) is 5.57 Å². The molecule has 2 heteroatoms. The van der Waals surface area contributed by atoms with Crippen LogP contribution < -0.4 is 9.80 Å². The number of hydrogen-bond donors (Lipinski definition) is 0. The van der Waals surface area contributed by atoms with E-state index in [9.17, 15) is 0 Å². The third kappa shape index (κ3) is 9.59. The van der Waals surface area contributed by atoms with Crippen LogP contribution in [0.5, 0.6) is 0 Å². The zero-order chi connectivity index (χ0) is 41.5. The first-order valence-corrected chi connectivity index (χ1v) is 20.5. The van der Waals surface area contributed by atoms with Gasteiger partial charge in [-0.15, -0.1) is 0 Å². The molecule has 294 valence electrons. The Kier molecular flexibility index (Phi) is 15.2. The fourth-order valence-corrected chi connectivity index (χ4v) is 7.75. The smallest absolute Gasteiger partial charge is 0.0714 e. The molecule has 5 rings (SSSR count). The van der Waals surface area contributed by atoms with E-state index in [-0.39, 0.29) is 0 Å². The minimum absolute atomic E-state index is 0.351. The molecule has 0 amide bonds. The average molecular weight is 761 g/mol. The van der Waals surface area contributed by atoms with Crippen LogP contribution in [0.15, 0.2) is 230 Å². The molecule has 0 saturated carbocycles. The van der Waals surface area contributed by atoms with Gasteiger partial charge < -0.3 is 9.80 Å². The van der Waals surface area contributed by atoms with Gasteiger partial charge in [0.15, 0.2) is 0 Å². The van der Waals surface area contributed by atoms with Crippen LogP contribution in [0, 0.1) is 12.8 Å². The minimum atomic E-state index is -0.647. The Balaban J connectivity index is 1.88. The van der Waals surface area contributed by atoms with E-state index >= 15 is 0 Å². The van der Waals surface area contributed by atoms with Crippen LogP contribution >= 0.6 is 0 Å². The fourth-order valence-electron chi connectivity index (χ4n) is 7.75. The van der Waals surface area contributed by atoms with Gasteiger partial charge in [-0.3, -0.25) is 0 Å². The first-order valence-electron chi connectivity index (χ1n) is 20.5. The second kappa shape index (κ2) is 20.7. The second-order valence-electron chi connectivity index (χ2n) is 14.8. The Morgan fingerprint density at radius 1 is 0.655 bits per heavy atom. The van der Waals surface area contributed by atoms with Crippen molar-refractivity contribution in [2.24, 2.45) is 5.92 Å². The number of benzene rings is 4. The molecule has 0 fully saturated rings. The number of anilines is 2. The van der Waals surface area contributed by atoms with E-state index in [4.69, 9.17) is 0 Å². The lowest BCUT2D eigenvalue weighted by atomic mass is 9.66. The van der Waals surface area contributed by atoms with Gasteiger partial charge >= 0.3 is 0 Å². The van der Waals surface area contributed by atoms with Gasteiger partial charge in [-0.05, 0) is 129 Å². The summed E-state index contributed by atoms with van der Waals surface area (Å²) in [6, 6.07) is 37.8. The molecule has 0 N–H and O–H groups in total. The lowest BCUT2D eigenvalue weighted by molar-refractivity contribution is 0.760. The number of aryl methyl sites for hydroxylation is 1. The van der Waals surface area contributed by atoms with Crippen LogP contribution in [-0.2, 0) is 5.41 Å². The zero-order valence-electron chi connectivity index (χ0n) is 35.7. The predicted molar refractivity (Wildman–Crippen MR) is 255 cm³/mol. The van der Waals surface area contributed by atoms with E-state index < -0.39 is 5.41 Å². The van der Waals surface area contributed by atoms with Crippen LogP contribution in [0.2, 0.25) is 0 Å². The van der Waals surface area contributed by atoms with Crippen molar-refractivity contribution in [1.82, 2.24) is 0 Å². The molecule has 0 unspecified atom stereocenters. The molecule has 4 aromatic rings. The van der Waals surface area contributed by atoms with Gasteiger partial charge in [0.1, 0.15) is 0 Å². The predicted octanol–water partition coefficient (Wildman–Crippen LogP) is 15.3. The first-order chi connectivity index (χ1) is 28.2. The van der Waals surface area contributed by atoms with Crippen LogP contribution in [0.3, 0.4) is 0 Å². The highest BCUT2D eigenvalue weighted by atomic mass is 15.1. The summed E-state index contributed by atoms with van der Waals surface area (Å²) in [6.45, 7) is 21.0. The SMILES string of the molecule is C=C/C=C\C(=C/C)N(/C=C/C1=C(/C=C\C)c2ccc(N(/C=C/C=C(C)\C=C/C)C(/C=C\C)=C/C(C)C)cc2C1(c1ccccc1)c1ccccc1)c1ccc(C)cc1. The molecule has 0 heterocycles. The summed E-state index contributed by atoms with van der Waals surface area (Å²) in [4.78, 5) is 4.59. The standard InChI is InChI=1S/C56H60N2/c1-10-15-31-48(14-5)58(49-34-32-45(9)33-35-49)40-38-54-52(25-13-4)53-37-36-51(57(39-22-26-44(8)23-11-2)50(24-12-3)41-43(6)7)42-55(53)56(54,46-27-18-16-19-28-46)47-29-20-17-21-30-47/h10-43H,1H2,2-9H3/b23-11-,24-12-,25-13-,31-15-,39-22+,40-38+,44-26-,48-14+,50-41+. The van der Waals surface area contributed by atoms with E-state index in [0.29, 0.717) is 5.92 Å². The zero-order valence-corrected chi connectivity index (χ0v) is 35.7. The summed E-state index contributed by atoms with van der Waals surface area (Å²) < 4.78 is 0. The Bertz CT molecular complexity index is 2270. The normalized spacial score (nSPS) is 15.1. The molecule has 0 aliphatic heterocycles. The average Bonchev–Trinajstić information content (AvgIpc) is 3.50. The van der Waals surface area contributed by atoms with Gasteiger partial charge in [-0.1, -0.05) is 171 Å². The molecule has 0 spiro atoms. The third-order valence-corrected chi connectivity index (χ3v) is 10.2. The number of allylic oxidation sites excluding steroid dienone is 17. The van der Waals surface area contributed by atoms with Crippen molar-refractivity contribution >= 4 is 16.9 Å². The van der Waals surface area contributed by atoms with E-state index in [1.54, 1.807) is 0 Å². The van der Waals surface area contributed by atoms with E-state index in [1.807, 2.05) is 12.2 Å². The second-order valence-corrected chi connectivity index (χ2v) is 14.8. The van der Waals surface area contributed by atoms with E-state index in [2.05, 4.69) is 260 Å². The summed E-state index contributed by atoms with van der Waals surface area (Å²) in [5, 5.41) is 0. The van der Waals surface area contributed by atoms with Crippen molar-refractivity contribution in [1.29, 1.82) is 0 Å². The molecular formula is C56H60N2. The lowest BCUT2D eigenvalue weighted by Crippen LogP contribution is -2.30. The Labute approximate surface area is 349 Å². The number of hydrogen-bond acceptors (Lipinski definition) is 2. The maximum absolute atomic E-state index is 3.96. The van der Waals surface area contributed by atoms with Crippen molar-refractivity contribution < 1.29 is 0 Å². The maximum atomic E-state index is 3.96. The van der Waals surface area contributed by atoms with Gasteiger partial charge in [0, 0.05) is 35.2 Å². The van der Waals surface area contributed by atoms with Gasteiger partial charge in [0.25, 0.3) is 0 Å². The third-order valence-electron chi connectivity index (χ3n) is 10.2. The van der Waals surface area contributed by atoms with Gasteiger partial charge in [-0.2, -0.15) is 0 Å². The number of rotatable bonds is 16. The summed E-state index contributed by atoms with van der Waals surface area (Å²) in [5.74, 6) is 0.351. The quantitative estimate of drug-likeness (QED) is 0.105. The fraction of sp³-hybridized carbons (Fsp3) is 0.179. The highest BCUT2D eigenvalue weighted by Crippen LogP contribution is 2.56. The summed E-state index contributed by atoms with van der Waals surface area (Å²) in [6.07, 6.45) is 34.5. The molecular weight excluding hydrogens is 701 g/mol. The van der Waals surface area contributed by atoms with E-state index in [0.717, 1.165) is 22.8 Å². The van der Waals surface area contributed by atoms with Crippen molar-refractivity contribution in [3.05, 3.63) is 258 Å². The largest absolute Gasteiger partial charge is 0.318 e. The van der Waals surface area contributed by atoms with Crippen molar-refractivity contribution in [3.8, 4) is 0 Å². The van der Waals surface area contributed by atoms with E-state index in [1.165, 1.54) is 44.5 Å². The highest BCUT2D eigenvalue weighted by Gasteiger charge is 2.46. The molecule has 0 aromatic heterocycles. The topological polar surface area (TPSA) is 6.48 Å². The van der Waals surface area contributed by atoms with Crippen LogP contribution in [0.4, 0.5) is 11.4 Å². The van der Waals surface area contributed by atoms with Crippen molar-refractivity contribution in [3.63, 3.8) is 0 Å². The number of fused-ring (bicyclic) bond motifs is 1. The van der Waals surface area contributed by atoms with Crippen LogP contribution in [0.1, 0.15) is 76.3 Å². The summed E-state index contributed by atoms with van der Waals surface area (Å²) >= 11 is 0. The van der Waals surface area contributed by atoms with Crippen molar-refractivity contribution in [2.75, 3.05) is 9.80 Å². The Morgan fingerprint density at radius 3 is 1.84 bits per heavy atom. The first kappa shape index (κ1) is 42.8. The van der Waals surface area contributed by atoms with Crippen molar-refractivity contribution in [2.45, 2.75) is 60.8 Å². The van der Waals surface area contributed by atoms with Crippen LogP contribution in [-0.4, -0.2) is 0 Å². The molecule has 0 radical (unpaired) electrons. The molecule has 1 aliphatic carbocycles. The molecule has 4 aromatic carbocycles. The Hall–Kier alpha value is -6.38. The molecule has 2 nitrogen and oxygen atoms in total. The summed E-state index contributed by atoms with van der Waals surface area (Å²) in [7, 11) is 0. The van der Waals surface area contributed by atoms with Gasteiger partial charge in [-0.25, -0.2) is 0 Å². The minimum Gasteiger partial charge on any atom is -0.318 e. The van der Waals surface area contributed by atoms with Gasteiger partial charge in [0.2, 0.25) is 0 Å². The molecule has 0 atom stereocenters. The molecule has 1 aliphatic rings. The molecule has 58 heavy (non-hydrogen) atoms. The molecule has 0 saturated heterocycles. The maximum Gasteiger partial charge on any atom is 0.0714 e. The summed E-state index contributed by atoms with van der Waals surface area (Å²) in [5.41, 5.74) is 13.4. The monoisotopic (exact) mass is 760 g/mol. The molecule has 0 bridgehead atoms. The highest BCUT2D eigenvalue weighted by molar-refractivity contribution is 5.93. The number of nitrogens with zero attached hydrogens (tertiary/aromatic N) is 2.